The first kappa shape index (κ1) is 54.5. The third-order valence-electron chi connectivity index (χ3n) is 9.12. The monoisotopic (exact) mass is 820 g/mol. The Hall–Kier alpha value is -2.55. The van der Waals surface area contributed by atoms with Gasteiger partial charge in [-0.25, -0.2) is 4.57 Å². The SMILES string of the molecule is CC/C=C\C/C=C\C/C=C\C/C=C\C/C=C\C/C=C\CCC(=O)OC(COC(=O)CCCCCCCCCCCCCCCCCCC)COP(=O)(O)OCCN. The van der Waals surface area contributed by atoms with Crippen LogP contribution in [0, 0.1) is 0 Å². The molecule has 2 unspecified atom stereocenters. The number of phosphoric acid groups is 1. The van der Waals surface area contributed by atoms with Crippen LogP contribution in [0.15, 0.2) is 72.9 Å². The molecular formula is C47H82NO8P. The number of carbonyl (C=O) groups excluding carboxylic acids is 2. The summed E-state index contributed by atoms with van der Waals surface area (Å²) in [6.07, 6.45) is 52.3. The van der Waals surface area contributed by atoms with Crippen molar-refractivity contribution in [2.24, 2.45) is 5.73 Å². The van der Waals surface area contributed by atoms with Crippen molar-refractivity contribution in [3.05, 3.63) is 72.9 Å². The smallest absolute Gasteiger partial charge is 0.462 e. The first-order valence-electron chi connectivity index (χ1n) is 22.4. The maximum atomic E-state index is 12.6. The van der Waals surface area contributed by atoms with Crippen molar-refractivity contribution in [2.45, 2.75) is 187 Å². The van der Waals surface area contributed by atoms with Crippen molar-refractivity contribution < 1.29 is 37.6 Å². The van der Waals surface area contributed by atoms with E-state index in [0.29, 0.717) is 6.42 Å². The quantitative estimate of drug-likeness (QED) is 0.0267. The molecule has 0 amide bonds. The molecule has 2 atom stereocenters. The third-order valence-corrected chi connectivity index (χ3v) is 10.1. The van der Waals surface area contributed by atoms with Crippen molar-refractivity contribution in [1.29, 1.82) is 0 Å². The second kappa shape index (κ2) is 43.0. The summed E-state index contributed by atoms with van der Waals surface area (Å²) in [6, 6.07) is 0. The Labute approximate surface area is 348 Å². The van der Waals surface area contributed by atoms with Crippen LogP contribution in [-0.2, 0) is 32.7 Å². The molecule has 0 radical (unpaired) electrons. The van der Waals surface area contributed by atoms with Crippen LogP contribution in [0.25, 0.3) is 0 Å². The first-order valence-corrected chi connectivity index (χ1v) is 23.9. The molecule has 0 saturated carbocycles. The Bertz CT molecular complexity index is 1160. The Balaban J connectivity index is 4.26. The Morgan fingerprint density at radius 3 is 1.40 bits per heavy atom. The van der Waals surface area contributed by atoms with E-state index in [-0.39, 0.29) is 32.6 Å². The molecule has 0 saturated heterocycles. The molecule has 0 aliphatic heterocycles. The number of phosphoric ester groups is 1. The van der Waals surface area contributed by atoms with E-state index >= 15 is 0 Å². The van der Waals surface area contributed by atoms with Gasteiger partial charge in [-0.1, -0.05) is 189 Å². The van der Waals surface area contributed by atoms with Gasteiger partial charge >= 0.3 is 19.8 Å². The molecule has 10 heteroatoms. The number of hydrogen-bond donors (Lipinski definition) is 2. The molecule has 0 bridgehead atoms. The second-order valence-corrected chi connectivity index (χ2v) is 16.0. The summed E-state index contributed by atoms with van der Waals surface area (Å²) < 4.78 is 32.7. The molecule has 0 rings (SSSR count). The molecule has 0 aromatic rings. The molecule has 0 aromatic heterocycles. The number of rotatable bonds is 41. The van der Waals surface area contributed by atoms with Gasteiger partial charge in [0.2, 0.25) is 0 Å². The van der Waals surface area contributed by atoms with Crippen molar-refractivity contribution in [3.63, 3.8) is 0 Å². The van der Waals surface area contributed by atoms with Crippen LogP contribution in [0.1, 0.15) is 181 Å². The van der Waals surface area contributed by atoms with Gasteiger partial charge in [-0.05, 0) is 51.4 Å². The van der Waals surface area contributed by atoms with Gasteiger partial charge < -0.3 is 20.1 Å². The van der Waals surface area contributed by atoms with Crippen LogP contribution in [0.3, 0.4) is 0 Å². The number of ether oxygens (including phenoxy) is 2. The second-order valence-electron chi connectivity index (χ2n) is 14.5. The number of carbonyl (C=O) groups is 2. The van der Waals surface area contributed by atoms with E-state index in [1.807, 2.05) is 12.2 Å². The summed E-state index contributed by atoms with van der Waals surface area (Å²) in [5, 5.41) is 0. The molecule has 0 aliphatic carbocycles. The van der Waals surface area contributed by atoms with Gasteiger partial charge in [0, 0.05) is 19.4 Å². The van der Waals surface area contributed by atoms with Gasteiger partial charge in [-0.2, -0.15) is 0 Å². The summed E-state index contributed by atoms with van der Waals surface area (Å²) >= 11 is 0. The molecule has 328 valence electrons. The minimum atomic E-state index is -4.40. The predicted octanol–water partition coefficient (Wildman–Crippen LogP) is 13.1. The van der Waals surface area contributed by atoms with Gasteiger partial charge in [0.1, 0.15) is 6.61 Å². The molecule has 9 nitrogen and oxygen atoms in total. The van der Waals surface area contributed by atoms with Crippen molar-refractivity contribution >= 4 is 19.8 Å². The summed E-state index contributed by atoms with van der Waals surface area (Å²) in [7, 11) is -4.40. The topological polar surface area (TPSA) is 134 Å². The Morgan fingerprint density at radius 1 is 0.544 bits per heavy atom. The summed E-state index contributed by atoms with van der Waals surface area (Å²) in [4.78, 5) is 34.9. The number of hydrogen-bond acceptors (Lipinski definition) is 8. The van der Waals surface area contributed by atoms with Crippen LogP contribution in [0.4, 0.5) is 0 Å². The van der Waals surface area contributed by atoms with E-state index in [9.17, 15) is 19.0 Å². The third kappa shape index (κ3) is 42.9. The largest absolute Gasteiger partial charge is 0.472 e. The molecule has 3 N–H and O–H groups in total. The maximum Gasteiger partial charge on any atom is 0.472 e. The highest BCUT2D eigenvalue weighted by atomic mass is 31.2. The maximum absolute atomic E-state index is 12.6. The zero-order valence-corrected chi connectivity index (χ0v) is 36.9. The van der Waals surface area contributed by atoms with Gasteiger partial charge in [0.25, 0.3) is 0 Å². The highest BCUT2D eigenvalue weighted by Crippen LogP contribution is 2.43. The standard InChI is InChI=1S/C47H82NO8P/c1-3-5-7-9-11-13-15-17-19-21-22-24-26-28-30-32-34-36-38-40-47(50)56-45(44-55-57(51,52)54-42-41-48)43-53-46(49)39-37-35-33-31-29-27-25-23-20-18-16-14-12-10-8-6-4-2/h5,7,11,13,17,19,22,24,28,30,34,36,45H,3-4,6,8-10,12,14-16,18,20-21,23,25-27,29,31-33,35,37-44,48H2,1-2H3,(H,51,52)/b7-5-,13-11-,19-17-,24-22-,30-28-,36-34-. The molecule has 0 heterocycles. The molecule has 57 heavy (non-hydrogen) atoms. The molecular weight excluding hydrogens is 737 g/mol. The van der Waals surface area contributed by atoms with Gasteiger partial charge in [-0.3, -0.25) is 18.6 Å². The summed E-state index contributed by atoms with van der Waals surface area (Å²) in [6.45, 7) is 3.54. The van der Waals surface area contributed by atoms with Crippen LogP contribution >= 0.6 is 7.82 Å². The van der Waals surface area contributed by atoms with Gasteiger partial charge in [0.15, 0.2) is 6.10 Å². The lowest BCUT2D eigenvalue weighted by molar-refractivity contribution is -0.161. The fourth-order valence-electron chi connectivity index (χ4n) is 5.84. The first-order chi connectivity index (χ1) is 27.8. The van der Waals surface area contributed by atoms with Crippen molar-refractivity contribution in [1.82, 2.24) is 0 Å². The lowest BCUT2D eigenvalue weighted by Crippen LogP contribution is -2.29. The van der Waals surface area contributed by atoms with Crippen LogP contribution < -0.4 is 5.73 Å². The van der Waals surface area contributed by atoms with E-state index in [1.165, 1.54) is 89.9 Å². The van der Waals surface area contributed by atoms with Crippen LogP contribution in [-0.4, -0.2) is 49.3 Å². The van der Waals surface area contributed by atoms with E-state index in [0.717, 1.165) is 57.8 Å². The van der Waals surface area contributed by atoms with Crippen molar-refractivity contribution in [2.75, 3.05) is 26.4 Å². The molecule has 0 fully saturated rings. The lowest BCUT2D eigenvalue weighted by atomic mass is 10.0. The van der Waals surface area contributed by atoms with Crippen LogP contribution in [0.5, 0.6) is 0 Å². The van der Waals surface area contributed by atoms with E-state index in [2.05, 4.69) is 74.6 Å². The number of nitrogens with two attached hydrogens (primary N) is 1. The van der Waals surface area contributed by atoms with Crippen LogP contribution in [0.2, 0.25) is 0 Å². The van der Waals surface area contributed by atoms with Gasteiger partial charge in [-0.15, -0.1) is 0 Å². The average Bonchev–Trinajstić information content (AvgIpc) is 3.20. The van der Waals surface area contributed by atoms with E-state index in [4.69, 9.17) is 24.3 Å². The van der Waals surface area contributed by atoms with E-state index < -0.39 is 32.5 Å². The highest BCUT2D eigenvalue weighted by Gasteiger charge is 2.25. The highest BCUT2D eigenvalue weighted by molar-refractivity contribution is 7.47. The average molecular weight is 820 g/mol. The zero-order valence-electron chi connectivity index (χ0n) is 36.0. The molecule has 0 aromatic carbocycles. The fraction of sp³-hybridized carbons (Fsp3) is 0.702. The summed E-state index contributed by atoms with van der Waals surface area (Å²) in [5.74, 6) is -0.926. The molecule has 0 aliphatic rings. The van der Waals surface area contributed by atoms with Crippen molar-refractivity contribution in [3.8, 4) is 0 Å². The predicted molar refractivity (Wildman–Crippen MR) is 238 cm³/mol. The molecule has 0 spiro atoms. The minimum Gasteiger partial charge on any atom is -0.462 e. The minimum absolute atomic E-state index is 0.0396. The van der Waals surface area contributed by atoms with E-state index in [1.54, 1.807) is 0 Å². The normalized spacial score (nSPS) is 14.0. The number of allylic oxidation sites excluding steroid dienone is 12. The van der Waals surface area contributed by atoms with Gasteiger partial charge in [0.05, 0.1) is 13.2 Å². The fourth-order valence-corrected chi connectivity index (χ4v) is 6.60. The Morgan fingerprint density at radius 2 is 0.965 bits per heavy atom. The number of esters is 2. The Kier molecular flexibility index (Phi) is 41.1. The number of unbranched alkanes of at least 4 members (excludes halogenated alkanes) is 16. The summed E-state index contributed by atoms with van der Waals surface area (Å²) in [5.41, 5.74) is 5.34. The zero-order chi connectivity index (χ0) is 41.8. The lowest BCUT2D eigenvalue weighted by Gasteiger charge is -2.19.